The minimum absolute atomic E-state index is 0.230. The number of carbonyl (C=O) groups is 1. The van der Waals surface area contributed by atoms with E-state index in [4.69, 9.17) is 5.11 Å². The Morgan fingerprint density at radius 3 is 2.04 bits per heavy atom. The van der Waals surface area contributed by atoms with Gasteiger partial charge in [-0.05, 0) is 18.6 Å². The molecule has 0 saturated carbocycles. The predicted molar refractivity (Wildman–Crippen MR) is 73.2 cm³/mol. The number of carboxylic acids is 1. The molecule has 0 radical (unpaired) electrons. The fourth-order valence-corrected chi connectivity index (χ4v) is 2.81. The van der Waals surface area contributed by atoms with Crippen molar-refractivity contribution in [3.05, 3.63) is 0 Å². The Hall–Kier alpha value is -0.670. The highest BCUT2D eigenvalue weighted by Crippen LogP contribution is 2.48. The van der Waals surface area contributed by atoms with E-state index in [1.54, 1.807) is 0 Å². The van der Waals surface area contributed by atoms with Crippen LogP contribution in [0.15, 0.2) is 0 Å². The van der Waals surface area contributed by atoms with Gasteiger partial charge in [0.15, 0.2) is 0 Å². The van der Waals surface area contributed by atoms with Gasteiger partial charge in [0.1, 0.15) is 5.25 Å². The molecule has 0 fully saturated rings. The van der Waals surface area contributed by atoms with Gasteiger partial charge in [-0.15, -0.1) is 11.8 Å². The van der Waals surface area contributed by atoms with E-state index in [-0.39, 0.29) is 5.75 Å². The Labute approximate surface area is 133 Å². The van der Waals surface area contributed by atoms with Crippen molar-refractivity contribution in [3.63, 3.8) is 0 Å². The largest absolute Gasteiger partial charge is 0.480 e. The highest BCUT2D eigenvalue weighted by Gasteiger charge is 2.72. The van der Waals surface area contributed by atoms with Crippen LogP contribution in [-0.2, 0) is 4.79 Å². The first-order valence-electron chi connectivity index (χ1n) is 7.03. The molecule has 0 aliphatic carbocycles. The summed E-state index contributed by atoms with van der Waals surface area (Å²) in [6.07, 6.45) is -6.07. The third-order valence-electron chi connectivity index (χ3n) is 3.11. The Morgan fingerprint density at radius 2 is 1.61 bits per heavy atom. The monoisotopic (exact) mass is 372 g/mol. The first kappa shape index (κ1) is 22.3. The van der Waals surface area contributed by atoms with Gasteiger partial charge in [-0.2, -0.15) is 30.7 Å². The second kappa shape index (κ2) is 8.98. The molecule has 10 heteroatoms. The van der Waals surface area contributed by atoms with E-state index >= 15 is 0 Å². The molecule has 0 amide bonds. The smallest absolute Gasteiger partial charge is 0.459 e. The Bertz CT molecular complexity index is 372. The number of rotatable bonds is 11. The minimum atomic E-state index is -6.33. The lowest BCUT2D eigenvalue weighted by Gasteiger charge is -2.28. The zero-order chi connectivity index (χ0) is 18.3. The predicted octanol–water partition coefficient (Wildman–Crippen LogP) is 5.37. The minimum Gasteiger partial charge on any atom is -0.480 e. The van der Waals surface area contributed by atoms with Crippen molar-refractivity contribution in [2.75, 3.05) is 5.75 Å². The lowest BCUT2D eigenvalue weighted by molar-refractivity contribution is -0.355. The summed E-state index contributed by atoms with van der Waals surface area (Å²) in [7, 11) is 0. The van der Waals surface area contributed by atoms with Crippen molar-refractivity contribution in [1.29, 1.82) is 0 Å². The molecule has 1 atom stereocenters. The average Bonchev–Trinajstić information content (AvgIpc) is 2.39. The molecule has 1 N–H and O–H groups in total. The van der Waals surface area contributed by atoms with Crippen LogP contribution in [0.1, 0.15) is 45.4 Å². The molecule has 2 nitrogen and oxygen atoms in total. The van der Waals surface area contributed by atoms with Crippen molar-refractivity contribution < 1.29 is 40.6 Å². The number of hydrogen-bond acceptors (Lipinski definition) is 2. The van der Waals surface area contributed by atoms with Crippen molar-refractivity contribution in [3.8, 4) is 0 Å². The molecule has 23 heavy (non-hydrogen) atoms. The molecule has 0 saturated heterocycles. The molecule has 0 spiro atoms. The number of unbranched alkanes of at least 4 members (excludes halogenated alkanes) is 2. The first-order valence-corrected chi connectivity index (χ1v) is 8.08. The second-order valence-electron chi connectivity index (χ2n) is 5.07. The Balaban J connectivity index is 4.39. The fourth-order valence-electron chi connectivity index (χ4n) is 1.74. The summed E-state index contributed by atoms with van der Waals surface area (Å²) < 4.78 is 87.2. The van der Waals surface area contributed by atoms with Crippen LogP contribution < -0.4 is 0 Å². The molecule has 0 bridgehead atoms. The van der Waals surface area contributed by atoms with Crippen LogP contribution in [0, 0.1) is 0 Å². The maximum absolute atomic E-state index is 13.0. The van der Waals surface area contributed by atoms with Gasteiger partial charge in [-0.1, -0.05) is 26.2 Å². The highest BCUT2D eigenvalue weighted by atomic mass is 32.2. The molecule has 138 valence electrons. The van der Waals surface area contributed by atoms with Crippen molar-refractivity contribution in [2.24, 2.45) is 0 Å². The van der Waals surface area contributed by atoms with Gasteiger partial charge in [0.2, 0.25) is 0 Å². The van der Waals surface area contributed by atoms with Gasteiger partial charge in [-0.3, -0.25) is 4.79 Å². The van der Waals surface area contributed by atoms with Gasteiger partial charge in [0, 0.05) is 6.42 Å². The van der Waals surface area contributed by atoms with E-state index in [2.05, 4.69) is 0 Å². The summed E-state index contributed by atoms with van der Waals surface area (Å²) in [5, 5.41) is 8.05. The van der Waals surface area contributed by atoms with E-state index < -0.39 is 42.1 Å². The molecule has 0 heterocycles. The van der Waals surface area contributed by atoms with Crippen molar-refractivity contribution in [1.82, 2.24) is 0 Å². The molecular weight excluding hydrogens is 353 g/mol. The number of alkyl halides is 7. The topological polar surface area (TPSA) is 37.3 Å². The molecule has 0 aliphatic rings. The van der Waals surface area contributed by atoms with Gasteiger partial charge >= 0.3 is 24.0 Å². The summed E-state index contributed by atoms with van der Waals surface area (Å²) in [6, 6.07) is 0. The van der Waals surface area contributed by atoms with E-state index in [9.17, 15) is 35.5 Å². The lowest BCUT2D eigenvalue weighted by Crippen LogP contribution is -2.51. The number of hydrogen-bond donors (Lipinski definition) is 1. The molecule has 0 aliphatic heterocycles. The maximum atomic E-state index is 13.0. The molecule has 0 aromatic heterocycles. The van der Waals surface area contributed by atoms with Gasteiger partial charge < -0.3 is 5.11 Å². The molecule has 0 rings (SSSR count). The highest BCUT2D eigenvalue weighted by molar-refractivity contribution is 8.00. The van der Waals surface area contributed by atoms with Crippen LogP contribution in [0.5, 0.6) is 0 Å². The van der Waals surface area contributed by atoms with Crippen LogP contribution >= 0.6 is 11.8 Å². The third-order valence-corrected chi connectivity index (χ3v) is 4.48. The summed E-state index contributed by atoms with van der Waals surface area (Å²) >= 11 is 0.780. The van der Waals surface area contributed by atoms with E-state index in [1.165, 1.54) is 0 Å². The van der Waals surface area contributed by atoms with Gasteiger partial charge in [0.25, 0.3) is 0 Å². The fraction of sp³-hybridized carbons (Fsp3) is 0.923. The number of aliphatic carboxylic acids is 1. The van der Waals surface area contributed by atoms with Crippen LogP contribution in [0.4, 0.5) is 30.7 Å². The first-order chi connectivity index (χ1) is 10.4. The van der Waals surface area contributed by atoms with Gasteiger partial charge in [-0.25, -0.2) is 0 Å². The van der Waals surface area contributed by atoms with Crippen LogP contribution in [0.2, 0.25) is 0 Å². The second-order valence-corrected chi connectivity index (χ2v) is 6.38. The van der Waals surface area contributed by atoms with E-state index in [1.807, 2.05) is 6.92 Å². The zero-order valence-electron chi connectivity index (χ0n) is 12.4. The van der Waals surface area contributed by atoms with E-state index in [0.29, 0.717) is 12.8 Å². The SMILES string of the molecule is CCCCCC(SCCCC(F)(F)C(F)(F)C(F)(F)F)C(=O)O. The Morgan fingerprint density at radius 1 is 1.04 bits per heavy atom. The van der Waals surface area contributed by atoms with Crippen molar-refractivity contribution in [2.45, 2.75) is 68.7 Å². The normalized spacial score (nSPS) is 14.8. The van der Waals surface area contributed by atoms with Crippen LogP contribution in [0.25, 0.3) is 0 Å². The summed E-state index contributed by atoms with van der Waals surface area (Å²) in [4.78, 5) is 10.9. The molecule has 0 aromatic rings. The van der Waals surface area contributed by atoms with Crippen LogP contribution in [0.3, 0.4) is 0 Å². The van der Waals surface area contributed by atoms with Crippen molar-refractivity contribution >= 4 is 17.7 Å². The summed E-state index contributed by atoms with van der Waals surface area (Å²) in [5.41, 5.74) is 0. The Kier molecular flexibility index (Phi) is 8.72. The molecular formula is C13H19F7O2S. The number of carboxylic acid groups (broad SMARTS) is 1. The average molecular weight is 372 g/mol. The van der Waals surface area contributed by atoms with Gasteiger partial charge in [0.05, 0.1) is 0 Å². The lowest BCUT2D eigenvalue weighted by atomic mass is 10.1. The van der Waals surface area contributed by atoms with Crippen LogP contribution in [-0.4, -0.2) is 40.1 Å². The quantitative estimate of drug-likeness (QED) is 0.392. The number of thioether (sulfide) groups is 1. The standard InChI is InChI=1S/C13H19F7O2S/c1-2-3-4-6-9(10(21)22)23-8-5-7-11(14,15)12(16,17)13(18,19)20/h9H,2-8H2,1H3,(H,21,22). The number of halogens is 7. The summed E-state index contributed by atoms with van der Waals surface area (Å²) in [6.45, 7) is 1.91. The summed E-state index contributed by atoms with van der Waals surface area (Å²) in [5.74, 6) is -12.7. The molecule has 1 unspecified atom stereocenters. The third kappa shape index (κ3) is 6.76. The maximum Gasteiger partial charge on any atom is 0.459 e. The zero-order valence-corrected chi connectivity index (χ0v) is 13.3. The molecule has 0 aromatic carbocycles. The van der Waals surface area contributed by atoms with E-state index in [0.717, 1.165) is 24.6 Å².